The zero-order chi connectivity index (χ0) is 35.3. The van der Waals surface area contributed by atoms with Crippen LogP contribution in [0.3, 0.4) is 0 Å². The molecule has 4 heteroatoms. The third kappa shape index (κ3) is 4.08. The molecule has 0 N–H and O–H groups in total. The van der Waals surface area contributed by atoms with E-state index in [0.29, 0.717) is 0 Å². The molecule has 0 unspecified atom stereocenters. The van der Waals surface area contributed by atoms with Gasteiger partial charge in [-0.1, -0.05) is 91.0 Å². The molecule has 12 rings (SSSR count). The standard InChI is InChI=1S/C50H32N4/c1-4-14-34(15-5-1)51-27-26-33-28-40-43-31-48-42(39-21-11-13-23-45(39)53(48)36-18-8-3-9-19-36)30-49(43)54(50(40)32-47(33)51)37-24-25-46-41(29-37)38-20-10-12-22-44(38)52(46)35-16-6-2-7-17-35/h1-32H. The van der Waals surface area contributed by atoms with Crippen LogP contribution in [0.25, 0.3) is 99.1 Å². The Morgan fingerprint density at radius 2 is 0.685 bits per heavy atom. The van der Waals surface area contributed by atoms with Gasteiger partial charge in [0.15, 0.2) is 0 Å². The van der Waals surface area contributed by atoms with Crippen molar-refractivity contribution >= 4 is 76.3 Å². The molecule has 4 nitrogen and oxygen atoms in total. The van der Waals surface area contributed by atoms with Crippen LogP contribution in [-0.4, -0.2) is 18.3 Å². The molecule has 0 fully saturated rings. The maximum Gasteiger partial charge on any atom is 0.0562 e. The SMILES string of the molecule is c1ccc(-n2ccc3cc4c5cc6c(cc5n(-c5ccc7c(c5)c5ccccc5n7-c5ccccc5)c4cc32)c2ccccc2n6-c2ccccc2)cc1. The van der Waals surface area contributed by atoms with Crippen LogP contribution in [0.15, 0.2) is 194 Å². The van der Waals surface area contributed by atoms with E-state index >= 15 is 0 Å². The Hall–Kier alpha value is -7.30. The van der Waals surface area contributed by atoms with Gasteiger partial charge in [0.2, 0.25) is 0 Å². The lowest BCUT2D eigenvalue weighted by atomic mass is 10.1. The van der Waals surface area contributed by atoms with Gasteiger partial charge in [-0.25, -0.2) is 0 Å². The summed E-state index contributed by atoms with van der Waals surface area (Å²) in [6, 6.07) is 68.6. The Labute approximate surface area is 310 Å². The molecule has 0 aliphatic rings. The van der Waals surface area contributed by atoms with Crippen LogP contribution in [0, 0.1) is 0 Å². The van der Waals surface area contributed by atoms with Gasteiger partial charge in [0.1, 0.15) is 0 Å². The summed E-state index contributed by atoms with van der Waals surface area (Å²) < 4.78 is 9.61. The van der Waals surface area contributed by atoms with Crippen molar-refractivity contribution in [2.45, 2.75) is 0 Å². The van der Waals surface area contributed by atoms with Gasteiger partial charge in [-0.15, -0.1) is 0 Å². The van der Waals surface area contributed by atoms with Gasteiger partial charge in [-0.3, -0.25) is 0 Å². The van der Waals surface area contributed by atoms with E-state index in [0.717, 1.165) is 22.7 Å². The summed E-state index contributed by atoms with van der Waals surface area (Å²) in [5.74, 6) is 0. The van der Waals surface area contributed by atoms with Crippen LogP contribution in [-0.2, 0) is 0 Å². The van der Waals surface area contributed by atoms with Crippen LogP contribution >= 0.6 is 0 Å². The van der Waals surface area contributed by atoms with E-state index < -0.39 is 0 Å². The first kappa shape index (κ1) is 29.3. The lowest BCUT2D eigenvalue weighted by molar-refractivity contribution is 1.12. The second kappa shape index (κ2) is 11.1. The van der Waals surface area contributed by atoms with E-state index in [1.807, 2.05) is 0 Å². The van der Waals surface area contributed by atoms with E-state index in [9.17, 15) is 0 Å². The normalized spacial score (nSPS) is 12.1. The smallest absolute Gasteiger partial charge is 0.0562 e. The first-order valence-electron chi connectivity index (χ1n) is 18.5. The van der Waals surface area contributed by atoms with Crippen molar-refractivity contribution < 1.29 is 0 Å². The molecule has 252 valence electrons. The molecule has 0 aliphatic heterocycles. The minimum absolute atomic E-state index is 1.14. The molecule has 0 saturated heterocycles. The molecule has 12 aromatic rings. The monoisotopic (exact) mass is 688 g/mol. The number of nitrogens with zero attached hydrogens (tertiary/aromatic N) is 4. The summed E-state index contributed by atoms with van der Waals surface area (Å²) in [7, 11) is 0. The molecular formula is C50H32N4. The molecule has 0 aliphatic carbocycles. The fourth-order valence-corrected chi connectivity index (χ4v) is 9.01. The predicted molar refractivity (Wildman–Crippen MR) is 226 cm³/mol. The van der Waals surface area contributed by atoms with Gasteiger partial charge in [0.05, 0.1) is 38.6 Å². The summed E-state index contributed by atoms with van der Waals surface area (Å²) in [6.45, 7) is 0. The molecular weight excluding hydrogens is 657 g/mol. The van der Waals surface area contributed by atoms with Gasteiger partial charge in [0, 0.05) is 66.6 Å². The minimum atomic E-state index is 1.14. The molecule has 0 atom stereocenters. The highest BCUT2D eigenvalue weighted by Gasteiger charge is 2.21. The number of rotatable bonds is 4. The number of benzene rings is 8. The topological polar surface area (TPSA) is 19.7 Å². The molecule has 0 amide bonds. The summed E-state index contributed by atoms with van der Waals surface area (Å²) in [6.07, 6.45) is 2.20. The fraction of sp³-hybridized carbons (Fsp3) is 0. The van der Waals surface area contributed by atoms with Gasteiger partial charge in [0.25, 0.3) is 0 Å². The molecule has 0 spiro atoms. The quantitative estimate of drug-likeness (QED) is 0.175. The largest absolute Gasteiger partial charge is 0.316 e. The minimum Gasteiger partial charge on any atom is -0.316 e. The summed E-state index contributed by atoms with van der Waals surface area (Å²) in [4.78, 5) is 0. The number of fused-ring (bicyclic) bond motifs is 10. The first-order valence-corrected chi connectivity index (χ1v) is 18.5. The van der Waals surface area contributed by atoms with Crippen LogP contribution in [0.5, 0.6) is 0 Å². The van der Waals surface area contributed by atoms with Gasteiger partial charge in [-0.05, 0) is 97.1 Å². The molecule has 0 saturated carbocycles. The van der Waals surface area contributed by atoms with Crippen LogP contribution in [0.2, 0.25) is 0 Å². The van der Waals surface area contributed by atoms with E-state index in [-0.39, 0.29) is 0 Å². The van der Waals surface area contributed by atoms with E-state index in [2.05, 4.69) is 213 Å². The van der Waals surface area contributed by atoms with Crippen LogP contribution in [0.4, 0.5) is 0 Å². The van der Waals surface area contributed by atoms with Crippen molar-refractivity contribution in [3.63, 3.8) is 0 Å². The van der Waals surface area contributed by atoms with Crippen molar-refractivity contribution in [1.82, 2.24) is 18.3 Å². The third-order valence-corrected chi connectivity index (χ3v) is 11.3. The number of para-hydroxylation sites is 5. The Morgan fingerprint density at radius 1 is 0.241 bits per heavy atom. The van der Waals surface area contributed by atoms with Gasteiger partial charge >= 0.3 is 0 Å². The number of hydrogen-bond donors (Lipinski definition) is 0. The van der Waals surface area contributed by atoms with Crippen molar-refractivity contribution in [3.05, 3.63) is 194 Å². The number of hydrogen-bond acceptors (Lipinski definition) is 0. The average molecular weight is 689 g/mol. The first-order chi connectivity index (χ1) is 26.8. The Balaban J connectivity index is 1.22. The second-order valence-electron chi connectivity index (χ2n) is 14.2. The van der Waals surface area contributed by atoms with Gasteiger partial charge < -0.3 is 18.3 Å². The zero-order valence-corrected chi connectivity index (χ0v) is 29.3. The third-order valence-electron chi connectivity index (χ3n) is 11.3. The lowest BCUT2D eigenvalue weighted by Gasteiger charge is -2.11. The summed E-state index contributed by atoms with van der Waals surface area (Å²) in [5, 5.41) is 8.66. The van der Waals surface area contributed by atoms with E-state index in [1.54, 1.807) is 0 Å². The Bertz CT molecular complexity index is 3410. The fourth-order valence-electron chi connectivity index (χ4n) is 9.01. The summed E-state index contributed by atoms with van der Waals surface area (Å²) >= 11 is 0. The molecule has 8 aromatic carbocycles. The molecule has 54 heavy (non-hydrogen) atoms. The molecule has 0 bridgehead atoms. The summed E-state index contributed by atoms with van der Waals surface area (Å²) in [5.41, 5.74) is 13.0. The highest BCUT2D eigenvalue weighted by atomic mass is 15.0. The van der Waals surface area contributed by atoms with Crippen molar-refractivity contribution in [3.8, 4) is 22.7 Å². The Morgan fingerprint density at radius 3 is 1.31 bits per heavy atom. The molecule has 4 aromatic heterocycles. The molecule has 4 heterocycles. The van der Waals surface area contributed by atoms with Crippen LogP contribution in [0.1, 0.15) is 0 Å². The molecule has 0 radical (unpaired) electrons. The Kier molecular flexibility index (Phi) is 6.02. The van der Waals surface area contributed by atoms with Crippen molar-refractivity contribution in [2.24, 2.45) is 0 Å². The van der Waals surface area contributed by atoms with Crippen molar-refractivity contribution in [1.29, 1.82) is 0 Å². The zero-order valence-electron chi connectivity index (χ0n) is 29.3. The average Bonchev–Trinajstić information content (AvgIpc) is 3.98. The maximum absolute atomic E-state index is 2.49. The van der Waals surface area contributed by atoms with E-state index in [1.165, 1.54) is 76.3 Å². The van der Waals surface area contributed by atoms with E-state index in [4.69, 9.17) is 0 Å². The highest BCUT2D eigenvalue weighted by molar-refractivity contribution is 6.21. The van der Waals surface area contributed by atoms with Gasteiger partial charge in [-0.2, -0.15) is 0 Å². The maximum atomic E-state index is 2.49. The highest BCUT2D eigenvalue weighted by Crippen LogP contribution is 2.42. The second-order valence-corrected chi connectivity index (χ2v) is 14.2. The number of aromatic nitrogens is 4. The van der Waals surface area contributed by atoms with Crippen LogP contribution < -0.4 is 0 Å². The lowest BCUT2D eigenvalue weighted by Crippen LogP contribution is -1.96. The predicted octanol–water partition coefficient (Wildman–Crippen LogP) is 12.9. The van der Waals surface area contributed by atoms with Crippen molar-refractivity contribution in [2.75, 3.05) is 0 Å².